The Morgan fingerprint density at radius 3 is 1.71 bits per heavy atom. The van der Waals surface area contributed by atoms with Gasteiger partial charge in [-0.2, -0.15) is 0 Å². The first-order valence-electron chi connectivity index (χ1n) is 5.62. The van der Waals surface area contributed by atoms with Gasteiger partial charge in [-0.15, -0.1) is 0 Å². The highest BCUT2D eigenvalue weighted by molar-refractivity contribution is 5.78. The molecule has 1 saturated carbocycles. The Balaban J connectivity index is 2.05. The summed E-state index contributed by atoms with van der Waals surface area (Å²) in [6.45, 7) is 0. The van der Waals surface area contributed by atoms with Crippen LogP contribution in [-0.2, 0) is 9.59 Å². The zero-order valence-electron chi connectivity index (χ0n) is 8.96. The third-order valence-electron chi connectivity index (χ3n) is 4.08. The van der Waals surface area contributed by atoms with E-state index in [1.54, 1.807) is 0 Å². The Hall–Kier alpha value is -1.84. The van der Waals surface area contributed by atoms with Crippen molar-refractivity contribution in [2.24, 2.45) is 11.8 Å². The first-order chi connectivity index (χ1) is 8.11. The van der Waals surface area contributed by atoms with E-state index in [-0.39, 0.29) is 18.3 Å². The van der Waals surface area contributed by atoms with Crippen LogP contribution >= 0.6 is 0 Å². The highest BCUT2D eigenvalue weighted by atomic mass is 16.4. The van der Waals surface area contributed by atoms with Crippen LogP contribution < -0.4 is 10.2 Å². The molecule has 4 unspecified atom stereocenters. The van der Waals surface area contributed by atoms with E-state index < -0.39 is 23.8 Å². The Bertz CT molecular complexity index is 463. The van der Waals surface area contributed by atoms with E-state index in [4.69, 9.17) is 0 Å². The van der Waals surface area contributed by atoms with Crippen molar-refractivity contribution in [1.82, 2.24) is 0 Å². The lowest BCUT2D eigenvalue weighted by molar-refractivity contribution is -0.313. The van der Waals surface area contributed by atoms with Gasteiger partial charge in [-0.05, 0) is 29.4 Å². The largest absolute Gasteiger partial charge is 0.550 e. The number of carboxylic acids is 2. The number of hydrogen-bond acceptors (Lipinski definition) is 4. The van der Waals surface area contributed by atoms with Crippen LogP contribution in [0.2, 0.25) is 0 Å². The highest BCUT2D eigenvalue weighted by Gasteiger charge is 2.52. The van der Waals surface area contributed by atoms with Crippen molar-refractivity contribution in [1.29, 1.82) is 0 Å². The zero-order valence-corrected chi connectivity index (χ0v) is 8.96. The van der Waals surface area contributed by atoms with Crippen LogP contribution in [0.1, 0.15) is 29.4 Å². The van der Waals surface area contributed by atoms with Crippen molar-refractivity contribution in [3.05, 3.63) is 35.4 Å². The molecule has 2 aliphatic rings. The zero-order chi connectivity index (χ0) is 12.2. The summed E-state index contributed by atoms with van der Waals surface area (Å²) in [6, 6.07) is 7.41. The maximum absolute atomic E-state index is 11.0. The van der Waals surface area contributed by atoms with E-state index in [2.05, 4.69) is 0 Å². The van der Waals surface area contributed by atoms with Crippen molar-refractivity contribution < 1.29 is 19.8 Å². The average molecular weight is 230 g/mol. The fourth-order valence-electron chi connectivity index (χ4n) is 3.40. The summed E-state index contributed by atoms with van der Waals surface area (Å²) in [4.78, 5) is 22.1. The molecule has 0 heterocycles. The molecule has 3 rings (SSSR count). The topological polar surface area (TPSA) is 80.3 Å². The molecule has 1 aromatic carbocycles. The van der Waals surface area contributed by atoms with Crippen LogP contribution in [0.3, 0.4) is 0 Å². The average Bonchev–Trinajstić information content (AvgIpc) is 2.61. The molecule has 0 aliphatic heterocycles. The predicted octanol–water partition coefficient (Wildman–Crippen LogP) is -0.997. The molecule has 0 aromatic heterocycles. The molecule has 2 aliphatic carbocycles. The second kappa shape index (κ2) is 3.32. The molecule has 0 radical (unpaired) electrons. The number of benzene rings is 1. The second-order valence-electron chi connectivity index (χ2n) is 4.77. The summed E-state index contributed by atoms with van der Waals surface area (Å²) in [7, 11) is 0. The first-order valence-corrected chi connectivity index (χ1v) is 5.62. The maximum Gasteiger partial charge on any atom is 0.0451 e. The van der Waals surface area contributed by atoms with Gasteiger partial charge in [-0.3, -0.25) is 0 Å². The van der Waals surface area contributed by atoms with E-state index in [1.807, 2.05) is 24.3 Å². The fraction of sp³-hybridized carbons (Fsp3) is 0.385. The Morgan fingerprint density at radius 1 is 0.941 bits per heavy atom. The van der Waals surface area contributed by atoms with Crippen LogP contribution in [0.5, 0.6) is 0 Å². The van der Waals surface area contributed by atoms with Gasteiger partial charge in [0.1, 0.15) is 0 Å². The normalized spacial score (nSPS) is 33.4. The third-order valence-corrected chi connectivity index (χ3v) is 4.08. The predicted molar refractivity (Wildman–Crippen MR) is 53.5 cm³/mol. The second-order valence-corrected chi connectivity index (χ2v) is 4.77. The summed E-state index contributed by atoms with van der Waals surface area (Å²) < 4.78 is 0. The molecular weight excluding hydrogens is 220 g/mol. The van der Waals surface area contributed by atoms with E-state index in [9.17, 15) is 19.8 Å². The van der Waals surface area contributed by atoms with E-state index in [0.29, 0.717) is 0 Å². The third kappa shape index (κ3) is 1.24. The van der Waals surface area contributed by atoms with Gasteiger partial charge in [0, 0.05) is 23.8 Å². The molecule has 4 nitrogen and oxygen atoms in total. The number of hydrogen-bond donors (Lipinski definition) is 0. The molecule has 0 amide bonds. The van der Waals surface area contributed by atoms with Crippen LogP contribution in [0.25, 0.3) is 0 Å². The summed E-state index contributed by atoms with van der Waals surface area (Å²) in [6.07, 6.45) is 0.120. The van der Waals surface area contributed by atoms with Gasteiger partial charge >= 0.3 is 0 Å². The molecule has 0 saturated heterocycles. The highest BCUT2D eigenvalue weighted by Crippen LogP contribution is 2.61. The summed E-state index contributed by atoms with van der Waals surface area (Å²) in [5.41, 5.74) is 1.91. The van der Waals surface area contributed by atoms with Crippen molar-refractivity contribution >= 4 is 11.9 Å². The van der Waals surface area contributed by atoms with Gasteiger partial charge in [0.25, 0.3) is 0 Å². The number of fused-ring (bicyclic) bond motifs is 4. The van der Waals surface area contributed by atoms with Crippen molar-refractivity contribution in [3.63, 3.8) is 0 Å². The number of carbonyl (C=O) groups excluding carboxylic acids is 2. The van der Waals surface area contributed by atoms with Gasteiger partial charge in [0.05, 0.1) is 0 Å². The molecule has 4 heteroatoms. The van der Waals surface area contributed by atoms with Crippen LogP contribution in [0.15, 0.2) is 24.3 Å². The van der Waals surface area contributed by atoms with Gasteiger partial charge in [0.2, 0.25) is 0 Å². The van der Waals surface area contributed by atoms with Gasteiger partial charge in [0.15, 0.2) is 0 Å². The molecule has 4 atom stereocenters. The van der Waals surface area contributed by atoms with Crippen molar-refractivity contribution in [2.45, 2.75) is 18.3 Å². The number of carbonyl (C=O) groups is 2. The monoisotopic (exact) mass is 230 g/mol. The number of aliphatic carboxylic acids is 2. The molecule has 88 valence electrons. The lowest BCUT2D eigenvalue weighted by atomic mass is 9.65. The molecule has 17 heavy (non-hydrogen) atoms. The van der Waals surface area contributed by atoms with Crippen LogP contribution in [0.4, 0.5) is 0 Å². The quantitative estimate of drug-likeness (QED) is 0.653. The fourth-order valence-corrected chi connectivity index (χ4v) is 3.40. The van der Waals surface area contributed by atoms with E-state index >= 15 is 0 Å². The molecule has 1 aromatic rings. The lowest BCUT2D eigenvalue weighted by Crippen LogP contribution is -2.38. The molecule has 1 fully saturated rings. The minimum Gasteiger partial charge on any atom is -0.550 e. The smallest absolute Gasteiger partial charge is 0.0451 e. The SMILES string of the molecule is O=C([O-])C1CC(C(=O)[O-])C2c3ccccc3C12. The molecule has 0 spiro atoms. The Kier molecular flexibility index (Phi) is 2.02. The molecular formula is C13H10O4-2. The minimum atomic E-state index is -1.15. The Morgan fingerprint density at radius 2 is 1.35 bits per heavy atom. The standard InChI is InChI=1S/C13H12O4/c14-12(15)8-5-9(13(16)17)11-7-4-2-1-3-6(7)10(8)11/h1-4,8-11H,5H2,(H,14,15)(H,16,17)/p-2. The minimum absolute atomic E-state index is 0.120. The maximum atomic E-state index is 11.0. The van der Waals surface area contributed by atoms with E-state index in [0.717, 1.165) is 11.1 Å². The molecule has 0 bridgehead atoms. The van der Waals surface area contributed by atoms with Gasteiger partial charge < -0.3 is 19.8 Å². The Labute approximate surface area is 97.9 Å². The first kappa shape index (κ1) is 10.3. The van der Waals surface area contributed by atoms with Crippen molar-refractivity contribution in [3.8, 4) is 0 Å². The van der Waals surface area contributed by atoms with E-state index in [1.165, 1.54) is 0 Å². The van der Waals surface area contributed by atoms with Crippen molar-refractivity contribution in [2.75, 3.05) is 0 Å². The summed E-state index contributed by atoms with van der Waals surface area (Å²) in [5, 5.41) is 22.1. The number of rotatable bonds is 2. The number of carboxylic acid groups (broad SMARTS) is 2. The van der Waals surface area contributed by atoms with Gasteiger partial charge in [-0.25, -0.2) is 0 Å². The molecule has 0 N–H and O–H groups in total. The van der Waals surface area contributed by atoms with Crippen LogP contribution in [0, 0.1) is 11.8 Å². The summed E-state index contributed by atoms with van der Waals surface area (Å²) >= 11 is 0. The lowest BCUT2D eigenvalue weighted by Gasteiger charge is -2.40. The van der Waals surface area contributed by atoms with Crippen LogP contribution in [-0.4, -0.2) is 11.9 Å². The van der Waals surface area contributed by atoms with Gasteiger partial charge in [-0.1, -0.05) is 24.3 Å². The summed E-state index contributed by atoms with van der Waals surface area (Å²) in [5.74, 6) is -4.12.